The maximum Gasteiger partial charge on any atom is 0.248 e. The van der Waals surface area contributed by atoms with Crippen LogP contribution >= 0.6 is 11.6 Å². The number of likely N-dealkylation sites (tertiary alicyclic amines) is 1. The lowest BCUT2D eigenvalue weighted by Gasteiger charge is -2.44. The third-order valence-electron chi connectivity index (χ3n) is 7.72. The Morgan fingerprint density at radius 2 is 2.00 bits per heavy atom. The molecule has 3 atom stereocenters. The molecule has 0 radical (unpaired) electrons. The number of ether oxygens (including phenoxy) is 1. The highest BCUT2D eigenvalue weighted by Gasteiger charge is 2.42. The maximum atomic E-state index is 15.0. The van der Waals surface area contributed by atoms with Crippen molar-refractivity contribution in [2.24, 2.45) is 17.6 Å². The van der Waals surface area contributed by atoms with E-state index >= 15 is 4.39 Å². The molecule has 0 spiro atoms. The van der Waals surface area contributed by atoms with E-state index in [9.17, 15) is 13.9 Å². The van der Waals surface area contributed by atoms with Crippen LogP contribution in [0.4, 0.5) is 13.2 Å². The lowest BCUT2D eigenvalue weighted by Crippen LogP contribution is -2.49. The van der Waals surface area contributed by atoms with E-state index in [4.69, 9.17) is 22.1 Å². The molecule has 1 aromatic rings. The standard InChI is InChI=1S/C26H40ClF3N2O2/c1-34-15-3-2-11-26(33,22-7-4-8-23(27)24(22)28)20-6-5-14-32(17-20)18-21(31)16-19-9-12-25(29,30)13-10-19/h4,7-8,19-21,33H,2-3,5-6,9-18,31H2,1H3/t20-,21+,26+/m1/s1. The smallest absolute Gasteiger partial charge is 0.248 e. The van der Waals surface area contributed by atoms with Crippen LogP contribution in [0, 0.1) is 17.7 Å². The summed E-state index contributed by atoms with van der Waals surface area (Å²) in [6, 6.07) is 4.72. The molecule has 4 nitrogen and oxygen atoms in total. The Bertz CT molecular complexity index is 774. The number of nitrogens with two attached hydrogens (primary N) is 1. The van der Waals surface area contributed by atoms with E-state index in [-0.39, 0.29) is 41.3 Å². The molecular weight excluding hydrogens is 465 g/mol. The van der Waals surface area contributed by atoms with Gasteiger partial charge in [0.15, 0.2) is 0 Å². The summed E-state index contributed by atoms with van der Waals surface area (Å²) in [6.07, 6.45) is 5.29. The van der Waals surface area contributed by atoms with Crippen LogP contribution in [0.25, 0.3) is 0 Å². The molecule has 0 aromatic heterocycles. The number of hydrogen-bond acceptors (Lipinski definition) is 4. The molecular formula is C26H40ClF3N2O2. The maximum absolute atomic E-state index is 15.0. The zero-order valence-electron chi connectivity index (χ0n) is 20.3. The van der Waals surface area contributed by atoms with Gasteiger partial charge in [0, 0.05) is 57.2 Å². The van der Waals surface area contributed by atoms with Crippen LogP contribution < -0.4 is 5.73 Å². The first kappa shape index (κ1) is 27.7. The zero-order chi connectivity index (χ0) is 24.8. The van der Waals surface area contributed by atoms with Crippen molar-refractivity contribution in [1.82, 2.24) is 4.90 Å². The monoisotopic (exact) mass is 504 g/mol. The highest BCUT2D eigenvalue weighted by atomic mass is 35.5. The van der Waals surface area contributed by atoms with E-state index in [1.165, 1.54) is 6.07 Å². The van der Waals surface area contributed by atoms with Gasteiger partial charge in [0.05, 0.1) is 10.6 Å². The van der Waals surface area contributed by atoms with Crippen molar-refractivity contribution in [3.8, 4) is 0 Å². The molecule has 194 valence electrons. The largest absolute Gasteiger partial charge is 0.385 e. The second-order valence-electron chi connectivity index (χ2n) is 10.4. The summed E-state index contributed by atoms with van der Waals surface area (Å²) in [5.74, 6) is -2.99. The van der Waals surface area contributed by atoms with Gasteiger partial charge in [-0.2, -0.15) is 0 Å². The number of hydrogen-bond donors (Lipinski definition) is 2. The van der Waals surface area contributed by atoms with Gasteiger partial charge in [-0.05, 0) is 69.9 Å². The highest BCUT2D eigenvalue weighted by molar-refractivity contribution is 6.30. The first-order chi connectivity index (χ1) is 16.1. The molecule has 34 heavy (non-hydrogen) atoms. The van der Waals surface area contributed by atoms with Gasteiger partial charge in [-0.1, -0.05) is 23.7 Å². The van der Waals surface area contributed by atoms with Crippen LogP contribution in [0.15, 0.2) is 18.2 Å². The minimum Gasteiger partial charge on any atom is -0.385 e. The van der Waals surface area contributed by atoms with Gasteiger partial charge in [0.1, 0.15) is 5.82 Å². The van der Waals surface area contributed by atoms with Gasteiger partial charge in [0.2, 0.25) is 5.92 Å². The lowest BCUT2D eigenvalue weighted by atomic mass is 9.73. The van der Waals surface area contributed by atoms with Crippen LogP contribution in [0.2, 0.25) is 5.02 Å². The van der Waals surface area contributed by atoms with E-state index in [0.717, 1.165) is 32.2 Å². The van der Waals surface area contributed by atoms with E-state index < -0.39 is 17.3 Å². The molecule has 1 aliphatic carbocycles. The quantitative estimate of drug-likeness (QED) is 0.377. The number of halogens is 4. The Labute approximate surface area is 207 Å². The van der Waals surface area contributed by atoms with Gasteiger partial charge in [-0.15, -0.1) is 0 Å². The van der Waals surface area contributed by atoms with Crippen LogP contribution in [0.1, 0.15) is 69.8 Å². The number of nitrogens with zero attached hydrogens (tertiary/aromatic N) is 1. The van der Waals surface area contributed by atoms with Crippen molar-refractivity contribution >= 4 is 11.6 Å². The van der Waals surface area contributed by atoms with Crippen LogP contribution in [-0.2, 0) is 10.3 Å². The summed E-state index contributed by atoms with van der Waals surface area (Å²) < 4.78 is 47.1. The number of aliphatic hydroxyl groups is 1. The van der Waals surface area contributed by atoms with Crippen molar-refractivity contribution in [2.75, 3.05) is 33.4 Å². The highest BCUT2D eigenvalue weighted by Crippen LogP contribution is 2.42. The summed E-state index contributed by atoms with van der Waals surface area (Å²) in [7, 11) is 1.64. The number of unbranched alkanes of at least 4 members (excludes halogenated alkanes) is 1. The van der Waals surface area contributed by atoms with Crippen LogP contribution in [0.5, 0.6) is 0 Å². The molecule has 3 rings (SSSR count). The first-order valence-corrected chi connectivity index (χ1v) is 13.0. The number of benzene rings is 1. The van der Waals surface area contributed by atoms with Gasteiger partial charge in [-0.3, -0.25) is 0 Å². The van der Waals surface area contributed by atoms with Crippen molar-refractivity contribution in [3.05, 3.63) is 34.6 Å². The Balaban J connectivity index is 1.65. The fourth-order valence-electron chi connectivity index (χ4n) is 5.82. The first-order valence-electron chi connectivity index (χ1n) is 12.7. The average Bonchev–Trinajstić information content (AvgIpc) is 2.80. The summed E-state index contributed by atoms with van der Waals surface area (Å²) >= 11 is 6.07. The molecule has 0 bridgehead atoms. The van der Waals surface area contributed by atoms with Crippen LogP contribution in [0.3, 0.4) is 0 Å². The van der Waals surface area contributed by atoms with Gasteiger partial charge >= 0.3 is 0 Å². The summed E-state index contributed by atoms with van der Waals surface area (Å²) in [5.41, 5.74) is 5.37. The molecule has 1 aliphatic heterocycles. The normalized spacial score (nSPS) is 24.6. The molecule has 8 heteroatoms. The molecule has 0 amide bonds. The molecule has 1 saturated heterocycles. The Hall–Kier alpha value is -0.860. The molecule has 2 fully saturated rings. The number of rotatable bonds is 11. The number of methoxy groups -OCH3 is 1. The van der Waals surface area contributed by atoms with Gasteiger partial charge in [-0.25, -0.2) is 13.2 Å². The van der Waals surface area contributed by atoms with E-state index in [1.807, 2.05) is 0 Å². The zero-order valence-corrected chi connectivity index (χ0v) is 21.0. The van der Waals surface area contributed by atoms with E-state index in [1.54, 1.807) is 19.2 Å². The van der Waals surface area contributed by atoms with Crippen molar-refractivity contribution < 1.29 is 23.0 Å². The molecule has 1 aromatic carbocycles. The Morgan fingerprint density at radius 3 is 2.71 bits per heavy atom. The van der Waals surface area contributed by atoms with Crippen molar-refractivity contribution in [1.29, 1.82) is 0 Å². The summed E-state index contributed by atoms with van der Waals surface area (Å²) in [4.78, 5) is 2.25. The molecule has 0 unspecified atom stereocenters. The number of alkyl halides is 2. The lowest BCUT2D eigenvalue weighted by molar-refractivity contribution is -0.0655. The SMILES string of the molecule is COCCCC[C@@](O)(c1cccc(Cl)c1F)[C@@H]1CCCN(C[C@@H](N)CC2CCC(F)(F)CC2)C1. The Morgan fingerprint density at radius 1 is 1.26 bits per heavy atom. The molecule has 3 N–H and O–H groups in total. The third kappa shape index (κ3) is 7.33. The fourth-order valence-corrected chi connectivity index (χ4v) is 5.99. The second-order valence-corrected chi connectivity index (χ2v) is 10.8. The van der Waals surface area contributed by atoms with Crippen molar-refractivity contribution in [2.45, 2.75) is 81.8 Å². The predicted octanol–water partition coefficient (Wildman–Crippen LogP) is 5.74. The van der Waals surface area contributed by atoms with Crippen LogP contribution in [-0.4, -0.2) is 55.3 Å². The fraction of sp³-hybridized carbons (Fsp3) is 0.769. The van der Waals surface area contributed by atoms with Gasteiger partial charge in [0.25, 0.3) is 0 Å². The molecule has 1 heterocycles. The summed E-state index contributed by atoms with van der Waals surface area (Å²) in [6.45, 7) is 2.72. The Kier molecular flexibility index (Phi) is 10.1. The van der Waals surface area contributed by atoms with Crippen molar-refractivity contribution in [3.63, 3.8) is 0 Å². The second kappa shape index (κ2) is 12.4. The number of piperidine rings is 1. The predicted molar refractivity (Wildman–Crippen MR) is 130 cm³/mol. The topological polar surface area (TPSA) is 58.7 Å². The molecule has 2 aliphatic rings. The summed E-state index contributed by atoms with van der Waals surface area (Å²) in [5, 5.41) is 11.9. The van der Waals surface area contributed by atoms with E-state index in [0.29, 0.717) is 45.4 Å². The third-order valence-corrected chi connectivity index (χ3v) is 8.01. The molecule has 1 saturated carbocycles. The minimum absolute atomic E-state index is 0.0144. The van der Waals surface area contributed by atoms with E-state index in [2.05, 4.69) is 4.90 Å². The minimum atomic E-state index is -2.52. The average molecular weight is 505 g/mol. The van der Waals surface area contributed by atoms with Gasteiger partial charge < -0.3 is 20.5 Å².